The Morgan fingerprint density at radius 2 is 1.62 bits per heavy atom. The van der Waals surface area contributed by atoms with E-state index in [0.29, 0.717) is 27.2 Å². The molecule has 0 aliphatic carbocycles. The standard InChI is InChI=1S/C15H11Cl3FNO/c16-11-7-13(18)14(8-12(11)17)20-15(21)6-3-9-1-4-10(19)5-2-9/h1-2,4-5,7-8H,3,6H2,(H,20,21). The third-order valence-corrected chi connectivity index (χ3v) is 3.87. The Morgan fingerprint density at radius 1 is 1.00 bits per heavy atom. The SMILES string of the molecule is O=C(CCc1ccc(F)cc1)Nc1cc(Cl)c(Cl)cc1Cl. The molecule has 110 valence electrons. The number of rotatable bonds is 4. The second-order valence-electron chi connectivity index (χ2n) is 4.42. The maximum absolute atomic E-state index is 12.8. The van der Waals surface area contributed by atoms with Crippen molar-refractivity contribution in [3.63, 3.8) is 0 Å². The summed E-state index contributed by atoms with van der Waals surface area (Å²) in [5.74, 6) is -0.509. The van der Waals surface area contributed by atoms with Crippen molar-refractivity contribution >= 4 is 46.4 Å². The van der Waals surface area contributed by atoms with Crippen LogP contribution in [0.2, 0.25) is 15.1 Å². The van der Waals surface area contributed by atoms with E-state index in [1.54, 1.807) is 12.1 Å². The van der Waals surface area contributed by atoms with Crippen LogP contribution in [0.3, 0.4) is 0 Å². The summed E-state index contributed by atoms with van der Waals surface area (Å²) >= 11 is 17.7. The number of carbonyl (C=O) groups excluding carboxylic acids is 1. The Balaban J connectivity index is 1.96. The normalized spacial score (nSPS) is 10.5. The molecule has 0 fully saturated rings. The number of anilines is 1. The van der Waals surface area contributed by atoms with Gasteiger partial charge in [0.25, 0.3) is 0 Å². The Kier molecular flexibility index (Phi) is 5.45. The number of hydrogen-bond acceptors (Lipinski definition) is 1. The van der Waals surface area contributed by atoms with Crippen molar-refractivity contribution in [3.8, 4) is 0 Å². The van der Waals surface area contributed by atoms with E-state index in [1.807, 2.05) is 0 Å². The average Bonchev–Trinajstić information content (AvgIpc) is 2.44. The Bertz CT molecular complexity index is 659. The van der Waals surface area contributed by atoms with E-state index >= 15 is 0 Å². The van der Waals surface area contributed by atoms with Crippen LogP contribution >= 0.6 is 34.8 Å². The van der Waals surface area contributed by atoms with E-state index in [2.05, 4.69) is 5.32 Å². The van der Waals surface area contributed by atoms with Gasteiger partial charge in [0.1, 0.15) is 5.82 Å². The first kappa shape index (κ1) is 16.1. The molecule has 0 aromatic heterocycles. The second-order valence-corrected chi connectivity index (χ2v) is 5.64. The van der Waals surface area contributed by atoms with Crippen LogP contribution in [0, 0.1) is 5.82 Å². The lowest BCUT2D eigenvalue weighted by Gasteiger charge is -2.09. The van der Waals surface area contributed by atoms with Crippen molar-refractivity contribution < 1.29 is 9.18 Å². The van der Waals surface area contributed by atoms with Crippen molar-refractivity contribution in [2.75, 3.05) is 5.32 Å². The molecule has 1 N–H and O–H groups in total. The first-order valence-electron chi connectivity index (χ1n) is 6.14. The van der Waals surface area contributed by atoms with Crippen LogP contribution in [0.1, 0.15) is 12.0 Å². The van der Waals surface area contributed by atoms with Crippen LogP contribution < -0.4 is 5.32 Å². The average molecular weight is 347 g/mol. The zero-order chi connectivity index (χ0) is 15.4. The van der Waals surface area contributed by atoms with E-state index in [9.17, 15) is 9.18 Å². The number of nitrogens with one attached hydrogen (secondary N) is 1. The topological polar surface area (TPSA) is 29.1 Å². The molecule has 0 spiro atoms. The summed E-state index contributed by atoms with van der Waals surface area (Å²) in [5.41, 5.74) is 1.29. The largest absolute Gasteiger partial charge is 0.325 e. The number of carbonyl (C=O) groups is 1. The van der Waals surface area contributed by atoms with Gasteiger partial charge in [0, 0.05) is 6.42 Å². The minimum atomic E-state index is -0.300. The third kappa shape index (κ3) is 4.60. The lowest BCUT2D eigenvalue weighted by molar-refractivity contribution is -0.116. The van der Waals surface area contributed by atoms with E-state index in [0.717, 1.165) is 5.56 Å². The molecule has 0 atom stereocenters. The van der Waals surface area contributed by atoms with Crippen molar-refractivity contribution in [1.82, 2.24) is 0 Å². The van der Waals surface area contributed by atoms with Gasteiger partial charge in [0.05, 0.1) is 20.8 Å². The first-order chi connectivity index (χ1) is 9.95. The number of halogens is 4. The predicted molar refractivity (Wildman–Crippen MR) is 84.8 cm³/mol. The molecule has 21 heavy (non-hydrogen) atoms. The first-order valence-corrected chi connectivity index (χ1v) is 7.28. The zero-order valence-electron chi connectivity index (χ0n) is 10.8. The summed E-state index contributed by atoms with van der Waals surface area (Å²) in [6, 6.07) is 9.00. The summed E-state index contributed by atoms with van der Waals surface area (Å²) < 4.78 is 12.8. The molecule has 2 aromatic rings. The van der Waals surface area contributed by atoms with E-state index in [1.165, 1.54) is 24.3 Å². The van der Waals surface area contributed by atoms with Gasteiger partial charge in [0.2, 0.25) is 5.91 Å². The third-order valence-electron chi connectivity index (χ3n) is 2.84. The molecule has 2 nitrogen and oxygen atoms in total. The lowest BCUT2D eigenvalue weighted by atomic mass is 10.1. The molecule has 2 aromatic carbocycles. The van der Waals surface area contributed by atoms with E-state index in [4.69, 9.17) is 34.8 Å². The molecule has 0 aliphatic heterocycles. The van der Waals surface area contributed by atoms with Gasteiger partial charge < -0.3 is 5.32 Å². The van der Waals surface area contributed by atoms with Crippen LogP contribution in [0.4, 0.5) is 10.1 Å². The van der Waals surface area contributed by atoms with Gasteiger partial charge in [-0.25, -0.2) is 4.39 Å². The summed E-state index contributed by atoms with van der Waals surface area (Å²) in [5, 5.41) is 3.63. The summed E-state index contributed by atoms with van der Waals surface area (Å²) in [4.78, 5) is 11.9. The molecule has 0 radical (unpaired) electrons. The quantitative estimate of drug-likeness (QED) is 0.742. The van der Waals surface area contributed by atoms with Gasteiger partial charge in [-0.05, 0) is 36.2 Å². The fraction of sp³-hybridized carbons (Fsp3) is 0.133. The van der Waals surface area contributed by atoms with Crippen molar-refractivity contribution in [2.24, 2.45) is 0 Å². The smallest absolute Gasteiger partial charge is 0.224 e. The van der Waals surface area contributed by atoms with Gasteiger partial charge in [-0.1, -0.05) is 46.9 Å². The van der Waals surface area contributed by atoms with Crippen LogP contribution in [0.25, 0.3) is 0 Å². The minimum Gasteiger partial charge on any atom is -0.325 e. The van der Waals surface area contributed by atoms with Crippen LogP contribution in [0.15, 0.2) is 36.4 Å². The van der Waals surface area contributed by atoms with Crippen LogP contribution in [-0.2, 0) is 11.2 Å². The monoisotopic (exact) mass is 345 g/mol. The van der Waals surface area contributed by atoms with Crippen molar-refractivity contribution in [3.05, 3.63) is 62.8 Å². The molecule has 0 heterocycles. The maximum Gasteiger partial charge on any atom is 0.224 e. The molecule has 1 amide bonds. The van der Waals surface area contributed by atoms with Crippen LogP contribution in [0.5, 0.6) is 0 Å². The molecule has 0 bridgehead atoms. The Hall–Kier alpha value is -1.29. The lowest BCUT2D eigenvalue weighted by Crippen LogP contribution is -2.12. The molecular weight excluding hydrogens is 336 g/mol. The highest BCUT2D eigenvalue weighted by Gasteiger charge is 2.09. The van der Waals surface area contributed by atoms with Gasteiger partial charge in [0.15, 0.2) is 0 Å². The number of aryl methyl sites for hydroxylation is 1. The summed E-state index contributed by atoms with van der Waals surface area (Å²) in [7, 11) is 0. The van der Waals surface area contributed by atoms with E-state index < -0.39 is 0 Å². The van der Waals surface area contributed by atoms with Gasteiger partial charge in [-0.3, -0.25) is 4.79 Å². The van der Waals surface area contributed by atoms with Crippen LogP contribution in [-0.4, -0.2) is 5.91 Å². The Morgan fingerprint density at radius 3 is 2.29 bits per heavy atom. The molecule has 0 unspecified atom stereocenters. The molecule has 0 aliphatic rings. The predicted octanol–water partition coefficient (Wildman–Crippen LogP) is 5.36. The molecule has 0 saturated carbocycles. The fourth-order valence-electron chi connectivity index (χ4n) is 1.74. The number of amides is 1. The maximum atomic E-state index is 12.8. The molecule has 0 saturated heterocycles. The fourth-order valence-corrected chi connectivity index (χ4v) is 2.33. The highest BCUT2D eigenvalue weighted by atomic mass is 35.5. The molecule has 2 rings (SSSR count). The number of hydrogen-bond donors (Lipinski definition) is 1. The second kappa shape index (κ2) is 7.12. The summed E-state index contributed by atoms with van der Waals surface area (Å²) in [6.45, 7) is 0. The number of benzene rings is 2. The van der Waals surface area contributed by atoms with Gasteiger partial charge >= 0.3 is 0 Å². The van der Waals surface area contributed by atoms with Gasteiger partial charge in [-0.15, -0.1) is 0 Å². The molecule has 6 heteroatoms. The van der Waals surface area contributed by atoms with Crippen molar-refractivity contribution in [1.29, 1.82) is 0 Å². The van der Waals surface area contributed by atoms with E-state index in [-0.39, 0.29) is 18.1 Å². The minimum absolute atomic E-state index is 0.209. The highest BCUT2D eigenvalue weighted by Crippen LogP contribution is 2.32. The molecular formula is C15H11Cl3FNO. The highest BCUT2D eigenvalue weighted by molar-refractivity contribution is 6.44. The zero-order valence-corrected chi connectivity index (χ0v) is 13.1. The van der Waals surface area contributed by atoms with Gasteiger partial charge in [-0.2, -0.15) is 0 Å². The summed E-state index contributed by atoms with van der Waals surface area (Å²) in [6.07, 6.45) is 0.757. The van der Waals surface area contributed by atoms with Crippen molar-refractivity contribution in [2.45, 2.75) is 12.8 Å². The Labute approximate surface area is 136 Å².